The number of anilines is 1. The van der Waals surface area contributed by atoms with Gasteiger partial charge in [-0.1, -0.05) is 38.1 Å². The summed E-state index contributed by atoms with van der Waals surface area (Å²) in [5.41, 5.74) is -1.48. The van der Waals surface area contributed by atoms with E-state index in [2.05, 4.69) is 0 Å². The van der Waals surface area contributed by atoms with Gasteiger partial charge in [-0.15, -0.1) is 0 Å². The van der Waals surface area contributed by atoms with Gasteiger partial charge in [0, 0.05) is 18.7 Å². The summed E-state index contributed by atoms with van der Waals surface area (Å²) in [7, 11) is -7.76. The summed E-state index contributed by atoms with van der Waals surface area (Å²) in [6.45, 7) is 5.15. The zero-order valence-electron chi connectivity index (χ0n) is 21.6. The van der Waals surface area contributed by atoms with Crippen molar-refractivity contribution in [3.05, 3.63) is 83.4 Å². The number of alkyl halides is 3. The van der Waals surface area contributed by atoms with Crippen LogP contribution < -0.4 is 9.04 Å². The Hall–Kier alpha value is -3.42. The molecule has 0 aliphatic carbocycles. The molecule has 0 aromatic heterocycles. The van der Waals surface area contributed by atoms with Gasteiger partial charge in [-0.05, 0) is 55.0 Å². The van der Waals surface area contributed by atoms with E-state index in [-0.39, 0.29) is 35.0 Å². The third kappa shape index (κ3) is 5.94. The summed E-state index contributed by atoms with van der Waals surface area (Å²) in [4.78, 5) is 12.9. The molecule has 3 rings (SSSR count). The number of nitrogens with zero attached hydrogens (tertiary/aromatic N) is 2. The van der Waals surface area contributed by atoms with E-state index in [9.17, 15) is 34.8 Å². The SMILES string of the molecule is CCN(CC)S(=O)(=O)c1cc(C(=O)N(c2ccccc2OC)S(=O)(=O)c2cccc(C(F)(F)F)c2)ccc1C. The lowest BCUT2D eigenvalue weighted by atomic mass is 10.1. The highest BCUT2D eigenvalue weighted by atomic mass is 32.2. The number of carbonyl (C=O) groups is 1. The maximum atomic E-state index is 13.9. The van der Waals surface area contributed by atoms with Gasteiger partial charge in [0.15, 0.2) is 0 Å². The molecule has 1 amide bonds. The van der Waals surface area contributed by atoms with E-state index in [0.29, 0.717) is 22.0 Å². The molecule has 0 bridgehead atoms. The molecule has 3 aromatic rings. The predicted molar refractivity (Wildman–Crippen MR) is 140 cm³/mol. The van der Waals surface area contributed by atoms with Crippen molar-refractivity contribution in [2.24, 2.45) is 0 Å². The van der Waals surface area contributed by atoms with E-state index in [1.807, 2.05) is 0 Å². The number of carbonyl (C=O) groups excluding carboxylic acids is 1. The quantitative estimate of drug-likeness (QED) is 0.347. The number of hydrogen-bond donors (Lipinski definition) is 0. The molecule has 0 radical (unpaired) electrons. The highest BCUT2D eigenvalue weighted by Gasteiger charge is 2.37. The highest BCUT2D eigenvalue weighted by molar-refractivity contribution is 7.93. The van der Waals surface area contributed by atoms with E-state index in [0.717, 1.165) is 18.2 Å². The molecule has 39 heavy (non-hydrogen) atoms. The van der Waals surface area contributed by atoms with Crippen LogP contribution in [0.3, 0.4) is 0 Å². The van der Waals surface area contributed by atoms with Crippen molar-refractivity contribution in [3.63, 3.8) is 0 Å². The topological polar surface area (TPSA) is 101 Å². The minimum Gasteiger partial charge on any atom is -0.495 e. The maximum absolute atomic E-state index is 13.9. The minimum absolute atomic E-state index is 0.0514. The third-order valence-corrected chi connectivity index (χ3v) is 9.83. The van der Waals surface area contributed by atoms with E-state index < -0.39 is 42.6 Å². The Morgan fingerprint density at radius 2 is 1.51 bits per heavy atom. The van der Waals surface area contributed by atoms with Gasteiger partial charge in [0.1, 0.15) is 11.4 Å². The zero-order chi connectivity index (χ0) is 29.2. The molecule has 0 N–H and O–H groups in total. The first-order valence-electron chi connectivity index (χ1n) is 11.7. The molecule has 3 aromatic carbocycles. The molecule has 0 atom stereocenters. The van der Waals surface area contributed by atoms with Gasteiger partial charge in [0.2, 0.25) is 10.0 Å². The number of sulfonamides is 2. The largest absolute Gasteiger partial charge is 0.495 e. The first-order chi connectivity index (χ1) is 18.2. The Morgan fingerprint density at radius 3 is 2.10 bits per heavy atom. The molecule has 13 heteroatoms. The number of methoxy groups -OCH3 is 1. The second-order valence-electron chi connectivity index (χ2n) is 8.34. The highest BCUT2D eigenvalue weighted by Crippen LogP contribution is 2.36. The zero-order valence-corrected chi connectivity index (χ0v) is 23.2. The summed E-state index contributed by atoms with van der Waals surface area (Å²) in [5.74, 6) is -1.24. The summed E-state index contributed by atoms with van der Waals surface area (Å²) < 4.78 is 101. The van der Waals surface area contributed by atoms with Crippen molar-refractivity contribution in [2.75, 3.05) is 24.5 Å². The van der Waals surface area contributed by atoms with Gasteiger partial charge < -0.3 is 4.74 Å². The minimum atomic E-state index is -4.96. The van der Waals surface area contributed by atoms with Crippen LogP contribution >= 0.6 is 0 Å². The average molecular weight is 585 g/mol. The van der Waals surface area contributed by atoms with Crippen molar-refractivity contribution in [1.82, 2.24) is 4.31 Å². The molecule has 0 saturated carbocycles. The van der Waals surface area contributed by atoms with Crippen molar-refractivity contribution < 1.29 is 39.5 Å². The Kier molecular flexibility index (Phi) is 8.78. The van der Waals surface area contributed by atoms with Crippen molar-refractivity contribution in [2.45, 2.75) is 36.7 Å². The summed E-state index contributed by atoms with van der Waals surface area (Å²) in [5, 5.41) is 0. The fraction of sp³-hybridized carbons (Fsp3) is 0.269. The molecule has 210 valence electrons. The van der Waals surface area contributed by atoms with Gasteiger partial charge in [-0.3, -0.25) is 4.79 Å². The van der Waals surface area contributed by atoms with E-state index in [4.69, 9.17) is 4.74 Å². The van der Waals surface area contributed by atoms with Gasteiger partial charge >= 0.3 is 6.18 Å². The lowest BCUT2D eigenvalue weighted by Gasteiger charge is -2.25. The predicted octanol–water partition coefficient (Wildman–Crippen LogP) is 5.09. The van der Waals surface area contributed by atoms with Crippen LogP contribution in [0.4, 0.5) is 18.9 Å². The summed E-state index contributed by atoms with van der Waals surface area (Å²) in [6, 6.07) is 12.2. The van der Waals surface area contributed by atoms with Crippen LogP contribution in [0.15, 0.2) is 76.5 Å². The first kappa shape index (κ1) is 30.1. The number of rotatable bonds is 9. The number of hydrogen-bond acceptors (Lipinski definition) is 6. The third-order valence-electron chi connectivity index (χ3n) is 5.95. The van der Waals surface area contributed by atoms with Gasteiger partial charge in [-0.25, -0.2) is 16.8 Å². The number of benzene rings is 3. The molecular weight excluding hydrogens is 557 g/mol. The van der Waals surface area contributed by atoms with Crippen LogP contribution in [0.25, 0.3) is 0 Å². The van der Waals surface area contributed by atoms with Crippen LogP contribution in [0.1, 0.15) is 35.3 Å². The van der Waals surface area contributed by atoms with Gasteiger partial charge in [0.05, 0.1) is 22.5 Å². The number of ether oxygens (including phenoxy) is 1. The molecule has 0 spiro atoms. The molecular formula is C26H27F3N2O6S2. The molecule has 0 unspecified atom stereocenters. The summed E-state index contributed by atoms with van der Waals surface area (Å²) >= 11 is 0. The average Bonchev–Trinajstić information content (AvgIpc) is 2.89. The monoisotopic (exact) mass is 584 g/mol. The Bertz CT molecular complexity index is 1590. The van der Waals surface area contributed by atoms with E-state index in [1.165, 1.54) is 54.7 Å². The van der Waals surface area contributed by atoms with Crippen molar-refractivity contribution in [1.29, 1.82) is 0 Å². The lowest BCUT2D eigenvalue weighted by molar-refractivity contribution is -0.137. The molecule has 8 nitrogen and oxygen atoms in total. The van der Waals surface area contributed by atoms with Crippen LogP contribution in [0.5, 0.6) is 5.75 Å². The Balaban J connectivity index is 2.28. The number of aryl methyl sites for hydroxylation is 1. The lowest BCUT2D eigenvalue weighted by Crippen LogP contribution is -2.38. The van der Waals surface area contributed by atoms with E-state index >= 15 is 0 Å². The second kappa shape index (κ2) is 11.4. The normalized spacial score (nSPS) is 12.4. The maximum Gasteiger partial charge on any atom is 0.416 e. The van der Waals surface area contributed by atoms with Crippen LogP contribution in [0.2, 0.25) is 0 Å². The Morgan fingerprint density at radius 1 is 0.872 bits per heavy atom. The number of amides is 1. The first-order valence-corrected chi connectivity index (χ1v) is 14.6. The van der Waals surface area contributed by atoms with Crippen LogP contribution in [-0.2, 0) is 26.2 Å². The second-order valence-corrected chi connectivity index (χ2v) is 12.0. The number of para-hydroxylation sites is 2. The van der Waals surface area contributed by atoms with Crippen molar-refractivity contribution >= 4 is 31.6 Å². The fourth-order valence-electron chi connectivity index (χ4n) is 3.91. The smallest absolute Gasteiger partial charge is 0.416 e. The molecule has 0 fully saturated rings. The molecule has 0 aliphatic rings. The Labute approximate surface area is 225 Å². The molecule has 0 aliphatic heterocycles. The van der Waals surface area contributed by atoms with Gasteiger partial charge in [0.25, 0.3) is 15.9 Å². The van der Waals surface area contributed by atoms with Gasteiger partial charge in [-0.2, -0.15) is 21.8 Å². The van der Waals surface area contributed by atoms with Crippen LogP contribution in [0, 0.1) is 6.92 Å². The molecule has 0 saturated heterocycles. The van der Waals surface area contributed by atoms with E-state index in [1.54, 1.807) is 13.8 Å². The van der Waals surface area contributed by atoms with Crippen LogP contribution in [-0.4, -0.2) is 47.2 Å². The molecule has 0 heterocycles. The fourth-order valence-corrected chi connectivity index (χ4v) is 7.09. The summed E-state index contributed by atoms with van der Waals surface area (Å²) in [6.07, 6.45) is -4.84. The van der Waals surface area contributed by atoms with Crippen molar-refractivity contribution in [3.8, 4) is 5.75 Å². The number of halogens is 3. The standard InChI is InChI=1S/C26H27F3N2O6S2/c1-5-30(6-2)39(35,36)24-16-19(15-14-18(24)3)25(32)31(22-12-7-8-13-23(22)37-4)38(33,34)21-11-9-10-20(17-21)26(27,28)29/h7-17H,5-6H2,1-4H3.